The van der Waals surface area contributed by atoms with Gasteiger partial charge in [-0.15, -0.1) is 0 Å². The van der Waals surface area contributed by atoms with Crippen LogP contribution in [0.15, 0.2) is 41.3 Å². The predicted molar refractivity (Wildman–Crippen MR) is 113 cm³/mol. The number of aryl methyl sites for hydroxylation is 1. The van der Waals surface area contributed by atoms with Gasteiger partial charge in [0.05, 0.1) is 35.8 Å². The second-order valence-corrected chi connectivity index (χ2v) is 7.35. The fourth-order valence-electron chi connectivity index (χ4n) is 3.86. The van der Waals surface area contributed by atoms with Gasteiger partial charge in [-0.25, -0.2) is 9.48 Å². The first-order valence-electron chi connectivity index (χ1n) is 10.3. The van der Waals surface area contributed by atoms with Gasteiger partial charge >= 0.3 is 5.97 Å². The number of aromatic nitrogens is 3. The van der Waals surface area contributed by atoms with Crippen LogP contribution in [0.4, 0.5) is 0 Å². The van der Waals surface area contributed by atoms with Crippen molar-refractivity contribution >= 4 is 16.9 Å². The third-order valence-corrected chi connectivity index (χ3v) is 5.41. The zero-order valence-electron chi connectivity index (χ0n) is 17.3. The molecule has 0 spiro atoms. The highest BCUT2D eigenvalue weighted by molar-refractivity contribution is 5.92. The number of pyridine rings is 1. The Balaban J connectivity index is 1.76. The Hall–Kier alpha value is -2.97. The molecule has 0 saturated carbocycles. The summed E-state index contributed by atoms with van der Waals surface area (Å²) in [6.07, 6.45) is 3.78. The molecular weight excluding hydrogens is 384 g/mol. The Morgan fingerprint density at radius 3 is 2.97 bits per heavy atom. The molecule has 3 heterocycles. The molecular formula is C22H26N4O4. The number of fused-ring (bicyclic) bond motifs is 1. The van der Waals surface area contributed by atoms with Crippen LogP contribution >= 0.6 is 0 Å². The minimum atomic E-state index is -0.425. The van der Waals surface area contributed by atoms with Gasteiger partial charge in [0.2, 0.25) is 0 Å². The molecule has 30 heavy (non-hydrogen) atoms. The normalized spacial score (nSPS) is 16.3. The number of benzene rings is 1. The second-order valence-electron chi connectivity index (χ2n) is 7.35. The molecule has 0 unspecified atom stereocenters. The van der Waals surface area contributed by atoms with Crippen LogP contribution < -0.4 is 10.9 Å². The van der Waals surface area contributed by atoms with Gasteiger partial charge in [0.1, 0.15) is 5.56 Å². The number of para-hydroxylation sites is 1. The topological polar surface area (TPSA) is 87.4 Å². The van der Waals surface area contributed by atoms with Crippen molar-refractivity contribution in [3.8, 4) is 5.69 Å². The van der Waals surface area contributed by atoms with E-state index in [1.165, 1.54) is 6.20 Å². The number of hydrogen-bond acceptors (Lipinski definition) is 6. The maximum absolute atomic E-state index is 12.6. The van der Waals surface area contributed by atoms with Crippen LogP contribution in [-0.4, -0.2) is 46.2 Å². The molecule has 0 amide bonds. The second kappa shape index (κ2) is 8.81. The van der Waals surface area contributed by atoms with Crippen LogP contribution in [-0.2, 0) is 23.1 Å². The van der Waals surface area contributed by atoms with Gasteiger partial charge in [0.25, 0.3) is 5.56 Å². The summed E-state index contributed by atoms with van der Waals surface area (Å²) in [5, 5.41) is 8.71. The van der Waals surface area contributed by atoms with E-state index in [-0.39, 0.29) is 18.3 Å². The van der Waals surface area contributed by atoms with Crippen molar-refractivity contribution in [1.29, 1.82) is 0 Å². The van der Waals surface area contributed by atoms with Crippen LogP contribution in [0.5, 0.6) is 0 Å². The highest BCUT2D eigenvalue weighted by Crippen LogP contribution is 2.23. The Labute approximate surface area is 174 Å². The van der Waals surface area contributed by atoms with E-state index in [0.29, 0.717) is 30.0 Å². The van der Waals surface area contributed by atoms with Gasteiger partial charge in [-0.05, 0) is 25.8 Å². The van der Waals surface area contributed by atoms with Crippen molar-refractivity contribution in [3.63, 3.8) is 0 Å². The lowest BCUT2D eigenvalue weighted by Gasteiger charge is -2.15. The Morgan fingerprint density at radius 1 is 1.37 bits per heavy atom. The lowest BCUT2D eigenvalue weighted by atomic mass is 10.1. The molecule has 1 fully saturated rings. The van der Waals surface area contributed by atoms with Crippen LogP contribution in [0.2, 0.25) is 0 Å². The highest BCUT2D eigenvalue weighted by Gasteiger charge is 2.22. The lowest BCUT2D eigenvalue weighted by molar-refractivity contribution is 0.0524. The van der Waals surface area contributed by atoms with Crippen LogP contribution in [0.25, 0.3) is 16.6 Å². The summed E-state index contributed by atoms with van der Waals surface area (Å²) in [5.74, 6) is -0.425. The molecule has 8 heteroatoms. The maximum Gasteiger partial charge on any atom is 0.341 e. The van der Waals surface area contributed by atoms with Crippen molar-refractivity contribution in [3.05, 3.63) is 58.1 Å². The van der Waals surface area contributed by atoms with E-state index in [1.807, 2.05) is 24.3 Å². The van der Waals surface area contributed by atoms with Gasteiger partial charge in [-0.3, -0.25) is 4.79 Å². The van der Waals surface area contributed by atoms with Crippen molar-refractivity contribution in [1.82, 2.24) is 19.7 Å². The summed E-state index contributed by atoms with van der Waals surface area (Å²) in [4.78, 5) is 25.1. The summed E-state index contributed by atoms with van der Waals surface area (Å²) in [5.41, 5.74) is 2.34. The number of nitrogens with one attached hydrogen (secondary N) is 1. The lowest BCUT2D eigenvalue weighted by Crippen LogP contribution is -2.28. The molecule has 158 valence electrons. The van der Waals surface area contributed by atoms with Crippen LogP contribution in [0.3, 0.4) is 0 Å². The average Bonchev–Trinajstić information content (AvgIpc) is 3.41. The molecule has 3 aromatic rings. The summed E-state index contributed by atoms with van der Waals surface area (Å²) in [6, 6.07) is 9.20. The molecule has 8 nitrogen and oxygen atoms in total. The fourth-order valence-corrected chi connectivity index (χ4v) is 3.86. The maximum atomic E-state index is 12.6. The summed E-state index contributed by atoms with van der Waals surface area (Å²) in [7, 11) is 1.74. The van der Waals surface area contributed by atoms with Crippen molar-refractivity contribution < 1.29 is 14.3 Å². The molecule has 1 aliphatic heterocycles. The zero-order valence-corrected chi connectivity index (χ0v) is 17.3. The quantitative estimate of drug-likeness (QED) is 0.601. The van der Waals surface area contributed by atoms with E-state index in [0.717, 1.165) is 30.4 Å². The number of carbonyl (C=O) groups is 1. The van der Waals surface area contributed by atoms with Crippen molar-refractivity contribution in [2.75, 3.05) is 19.8 Å². The molecule has 1 aromatic carbocycles. The largest absolute Gasteiger partial charge is 0.462 e. The van der Waals surface area contributed by atoms with Gasteiger partial charge in [-0.2, -0.15) is 5.10 Å². The van der Waals surface area contributed by atoms with Gasteiger partial charge < -0.3 is 19.4 Å². The average molecular weight is 410 g/mol. The van der Waals surface area contributed by atoms with Gasteiger partial charge in [0, 0.05) is 38.2 Å². The van der Waals surface area contributed by atoms with Crippen molar-refractivity contribution in [2.24, 2.45) is 7.05 Å². The van der Waals surface area contributed by atoms with E-state index < -0.39 is 5.97 Å². The number of esters is 1. The molecule has 0 bridgehead atoms. The van der Waals surface area contributed by atoms with Gasteiger partial charge in [-0.1, -0.05) is 18.2 Å². The minimum absolute atomic E-state index is 0.143. The van der Waals surface area contributed by atoms with E-state index in [1.54, 1.807) is 29.3 Å². The van der Waals surface area contributed by atoms with Crippen molar-refractivity contribution in [2.45, 2.75) is 32.4 Å². The first kappa shape index (κ1) is 20.3. The van der Waals surface area contributed by atoms with Crippen LogP contribution in [0.1, 0.15) is 35.8 Å². The molecule has 1 aliphatic rings. The van der Waals surface area contributed by atoms with E-state index in [4.69, 9.17) is 9.47 Å². The fraction of sp³-hybridized carbons (Fsp3) is 0.409. The summed E-state index contributed by atoms with van der Waals surface area (Å²) >= 11 is 0. The first-order chi connectivity index (χ1) is 14.6. The molecule has 1 atom stereocenters. The Bertz CT molecular complexity index is 1110. The van der Waals surface area contributed by atoms with Gasteiger partial charge in [0.15, 0.2) is 0 Å². The SMILES string of the molecule is CCOC(=O)c1cnn(-c2cc(=O)n(C)c3ccccc23)c1CNC[C@H]1CCCO1. The monoisotopic (exact) mass is 410 g/mol. The van der Waals surface area contributed by atoms with Crippen LogP contribution in [0, 0.1) is 0 Å². The Morgan fingerprint density at radius 2 is 2.20 bits per heavy atom. The number of hydrogen-bond donors (Lipinski definition) is 1. The number of carbonyl (C=O) groups excluding carboxylic acids is 1. The third-order valence-electron chi connectivity index (χ3n) is 5.41. The Kier molecular flexibility index (Phi) is 5.96. The first-order valence-corrected chi connectivity index (χ1v) is 10.3. The molecule has 1 saturated heterocycles. The molecule has 4 rings (SSSR count). The minimum Gasteiger partial charge on any atom is -0.462 e. The number of ether oxygens (including phenoxy) is 2. The summed E-state index contributed by atoms with van der Waals surface area (Å²) < 4.78 is 14.2. The molecule has 0 aliphatic carbocycles. The molecule has 0 radical (unpaired) electrons. The highest BCUT2D eigenvalue weighted by atomic mass is 16.5. The number of nitrogens with zero attached hydrogens (tertiary/aromatic N) is 3. The number of rotatable bonds is 7. The predicted octanol–water partition coefficient (Wildman–Crippen LogP) is 2.17. The third kappa shape index (κ3) is 3.88. The van der Waals surface area contributed by atoms with E-state index in [2.05, 4.69) is 10.4 Å². The smallest absolute Gasteiger partial charge is 0.341 e. The zero-order chi connectivity index (χ0) is 21.1. The standard InChI is InChI=1S/C22H26N4O4/c1-3-29-22(28)17-13-24-26(20(17)14-23-12-15-7-6-10-30-15)19-11-21(27)25(2)18-9-5-4-8-16(18)19/h4-5,8-9,11,13,15,23H,3,6-7,10,12,14H2,1-2H3/t15-/m1/s1. The van der Waals surface area contributed by atoms with E-state index in [9.17, 15) is 9.59 Å². The summed E-state index contributed by atoms with van der Waals surface area (Å²) in [6.45, 7) is 3.92. The molecule has 2 aromatic heterocycles. The van der Waals surface area contributed by atoms with E-state index >= 15 is 0 Å². The molecule has 1 N–H and O–H groups in total.